The molecular weight excluding hydrogens is 405 g/mol. The molecule has 1 saturated heterocycles. The fourth-order valence-corrected chi connectivity index (χ4v) is 4.57. The molecule has 9 heteroatoms. The number of alkyl halides is 3. The molecule has 1 unspecified atom stereocenters. The van der Waals surface area contributed by atoms with E-state index in [1.807, 2.05) is 22.5 Å². The first-order valence-corrected chi connectivity index (χ1v) is 9.79. The Morgan fingerprint density at radius 2 is 1.83 bits per heavy atom. The Morgan fingerprint density at radius 3 is 2.59 bits per heavy atom. The minimum absolute atomic E-state index is 0.231. The molecule has 4 rings (SSSR count). The molecule has 152 valence electrons. The lowest BCUT2D eigenvalue weighted by Crippen LogP contribution is -2.39. The summed E-state index contributed by atoms with van der Waals surface area (Å²) in [5.41, 5.74) is 2.93. The maximum Gasteiger partial charge on any atom is 0.573 e. The average molecular weight is 422 g/mol. The largest absolute Gasteiger partial charge is 0.573 e. The minimum atomic E-state index is -4.75. The van der Waals surface area contributed by atoms with E-state index in [1.165, 1.54) is 24.1 Å². The van der Waals surface area contributed by atoms with Crippen molar-refractivity contribution in [3.05, 3.63) is 59.2 Å². The predicted molar refractivity (Wildman–Crippen MR) is 99.8 cm³/mol. The zero-order chi connectivity index (χ0) is 20.6. The van der Waals surface area contributed by atoms with Gasteiger partial charge in [-0.2, -0.15) is 0 Å². The summed E-state index contributed by atoms with van der Waals surface area (Å²) in [5.74, 6) is -1.14. The van der Waals surface area contributed by atoms with E-state index < -0.39 is 6.36 Å². The third-order valence-corrected chi connectivity index (χ3v) is 5.92. The standard InChI is InChI=1S/C20H17F3N2O3S/c21-20(22,23)28-16-3-1-2-4-17(16)29-25-10-13-6-5-12(9-14(13)11-25)15-7-8-18(26)24-19(15)27/h1-6,9,15H,7-8,10-11H2,(H,24,26,27). The molecule has 2 aromatic carbocycles. The van der Waals surface area contributed by atoms with Crippen molar-refractivity contribution in [1.29, 1.82) is 0 Å². The Kier molecular flexibility index (Phi) is 5.26. The Morgan fingerprint density at radius 1 is 1.07 bits per heavy atom. The molecule has 2 aliphatic heterocycles. The van der Waals surface area contributed by atoms with Crippen molar-refractivity contribution >= 4 is 23.8 Å². The van der Waals surface area contributed by atoms with Crippen LogP contribution in [-0.4, -0.2) is 22.5 Å². The van der Waals surface area contributed by atoms with Crippen molar-refractivity contribution in [1.82, 2.24) is 9.62 Å². The first-order chi connectivity index (χ1) is 13.8. The van der Waals surface area contributed by atoms with Crippen LogP contribution in [-0.2, 0) is 22.7 Å². The maximum absolute atomic E-state index is 12.6. The SMILES string of the molecule is O=C1CCC(c2ccc3c(c2)CN(Sc2ccccc2OC(F)(F)F)C3)C(=O)N1. The number of carbonyl (C=O) groups excluding carboxylic acids is 2. The summed E-state index contributed by atoms with van der Waals surface area (Å²) in [6, 6.07) is 11.8. The lowest BCUT2D eigenvalue weighted by atomic mass is 9.89. The van der Waals surface area contributed by atoms with Crippen molar-refractivity contribution in [2.45, 2.75) is 43.1 Å². The summed E-state index contributed by atoms with van der Waals surface area (Å²) in [5, 5.41) is 2.36. The molecule has 1 N–H and O–H groups in total. The number of amides is 2. The van der Waals surface area contributed by atoms with Gasteiger partial charge in [0.2, 0.25) is 11.8 Å². The van der Waals surface area contributed by atoms with Crippen molar-refractivity contribution in [3.63, 3.8) is 0 Å². The van der Waals surface area contributed by atoms with Crippen LogP contribution in [0.3, 0.4) is 0 Å². The van der Waals surface area contributed by atoms with E-state index in [4.69, 9.17) is 0 Å². The Hall–Kier alpha value is -2.52. The Balaban J connectivity index is 1.48. The van der Waals surface area contributed by atoms with Gasteiger partial charge < -0.3 is 4.74 Å². The second-order valence-corrected chi connectivity index (χ2v) is 8.05. The molecule has 1 atom stereocenters. The van der Waals surface area contributed by atoms with Crippen LogP contribution < -0.4 is 10.1 Å². The normalized spacial score (nSPS) is 19.8. The maximum atomic E-state index is 12.6. The topological polar surface area (TPSA) is 58.6 Å². The number of para-hydroxylation sites is 1. The fraction of sp³-hybridized carbons (Fsp3) is 0.300. The Labute approximate surface area is 169 Å². The summed E-state index contributed by atoms with van der Waals surface area (Å²) in [6.45, 7) is 1.09. The number of benzene rings is 2. The van der Waals surface area contributed by atoms with Crippen molar-refractivity contribution in [2.24, 2.45) is 0 Å². The van der Waals surface area contributed by atoms with E-state index in [1.54, 1.807) is 12.1 Å². The van der Waals surface area contributed by atoms with Gasteiger partial charge in [-0.25, -0.2) is 4.31 Å². The monoisotopic (exact) mass is 422 g/mol. The van der Waals surface area contributed by atoms with Gasteiger partial charge >= 0.3 is 6.36 Å². The lowest BCUT2D eigenvalue weighted by molar-refractivity contribution is -0.275. The third-order valence-electron chi connectivity index (χ3n) is 4.87. The van der Waals surface area contributed by atoms with E-state index >= 15 is 0 Å². The number of fused-ring (bicyclic) bond motifs is 1. The highest BCUT2D eigenvalue weighted by atomic mass is 32.2. The summed E-state index contributed by atoms with van der Waals surface area (Å²) in [6.07, 6.45) is -3.96. The zero-order valence-electron chi connectivity index (χ0n) is 15.2. The van der Waals surface area contributed by atoms with Crippen LogP contribution in [0.15, 0.2) is 47.4 Å². The molecule has 0 spiro atoms. The molecule has 2 heterocycles. The molecule has 2 aliphatic rings. The fourth-order valence-electron chi connectivity index (χ4n) is 3.55. The van der Waals surface area contributed by atoms with Crippen LogP contribution in [0, 0.1) is 0 Å². The van der Waals surface area contributed by atoms with Gasteiger partial charge in [0.05, 0.1) is 10.8 Å². The number of nitrogens with one attached hydrogen (secondary N) is 1. The van der Waals surface area contributed by atoms with E-state index in [0.717, 1.165) is 16.7 Å². The van der Waals surface area contributed by atoms with Crippen LogP contribution >= 0.6 is 11.9 Å². The summed E-state index contributed by atoms with van der Waals surface area (Å²) in [7, 11) is 0. The van der Waals surface area contributed by atoms with Crippen LogP contribution in [0.2, 0.25) is 0 Å². The molecule has 0 bridgehead atoms. The van der Waals surface area contributed by atoms with E-state index in [0.29, 0.717) is 30.8 Å². The van der Waals surface area contributed by atoms with Crippen LogP contribution in [0.5, 0.6) is 5.75 Å². The van der Waals surface area contributed by atoms with Gasteiger partial charge in [0, 0.05) is 19.5 Å². The molecule has 2 aromatic rings. The minimum Gasteiger partial charge on any atom is -0.405 e. The molecule has 0 radical (unpaired) electrons. The molecule has 0 aromatic heterocycles. The number of ether oxygens (including phenoxy) is 1. The number of rotatable bonds is 4. The van der Waals surface area contributed by atoms with Gasteiger partial charge in [0.1, 0.15) is 5.75 Å². The number of hydrogen-bond acceptors (Lipinski definition) is 5. The number of halogens is 3. The highest BCUT2D eigenvalue weighted by molar-refractivity contribution is 7.97. The van der Waals surface area contributed by atoms with Crippen molar-refractivity contribution in [2.75, 3.05) is 0 Å². The number of carbonyl (C=O) groups is 2. The van der Waals surface area contributed by atoms with E-state index in [-0.39, 0.29) is 23.5 Å². The molecule has 1 fully saturated rings. The van der Waals surface area contributed by atoms with Crippen LogP contribution in [0.25, 0.3) is 0 Å². The van der Waals surface area contributed by atoms with Gasteiger partial charge in [-0.15, -0.1) is 13.2 Å². The van der Waals surface area contributed by atoms with Crippen LogP contribution in [0.1, 0.15) is 35.4 Å². The quantitative estimate of drug-likeness (QED) is 0.593. The predicted octanol–water partition coefficient (Wildman–Crippen LogP) is 4.13. The average Bonchev–Trinajstić information content (AvgIpc) is 3.03. The molecular formula is C20H17F3N2O3S. The highest BCUT2D eigenvalue weighted by Gasteiger charge is 2.33. The lowest BCUT2D eigenvalue weighted by Gasteiger charge is -2.21. The molecule has 29 heavy (non-hydrogen) atoms. The molecule has 0 aliphatic carbocycles. The molecule has 5 nitrogen and oxygen atoms in total. The molecule has 2 amide bonds. The highest BCUT2D eigenvalue weighted by Crippen LogP contribution is 2.39. The van der Waals surface area contributed by atoms with Crippen LogP contribution in [0.4, 0.5) is 13.2 Å². The van der Waals surface area contributed by atoms with Crippen molar-refractivity contribution in [3.8, 4) is 5.75 Å². The van der Waals surface area contributed by atoms with Gasteiger partial charge in [-0.3, -0.25) is 14.9 Å². The first-order valence-electron chi connectivity index (χ1n) is 9.01. The smallest absolute Gasteiger partial charge is 0.405 e. The van der Waals surface area contributed by atoms with E-state index in [9.17, 15) is 22.8 Å². The third kappa shape index (κ3) is 4.56. The first kappa shape index (κ1) is 19.8. The number of nitrogens with zero attached hydrogens (tertiary/aromatic N) is 1. The number of hydrogen-bond donors (Lipinski definition) is 1. The number of imide groups is 1. The van der Waals surface area contributed by atoms with Gasteiger partial charge in [0.25, 0.3) is 0 Å². The second-order valence-electron chi connectivity index (χ2n) is 6.92. The summed E-state index contributed by atoms with van der Waals surface area (Å²) in [4.78, 5) is 23.8. The molecule has 0 saturated carbocycles. The second kappa shape index (κ2) is 7.72. The van der Waals surface area contributed by atoms with Gasteiger partial charge in [0.15, 0.2) is 0 Å². The zero-order valence-corrected chi connectivity index (χ0v) is 16.0. The Bertz CT molecular complexity index is 964. The van der Waals surface area contributed by atoms with Gasteiger partial charge in [-0.1, -0.05) is 30.3 Å². The number of piperidine rings is 1. The summed E-state index contributed by atoms with van der Waals surface area (Å²) < 4.78 is 43.9. The van der Waals surface area contributed by atoms with Gasteiger partial charge in [-0.05, 0) is 47.2 Å². The van der Waals surface area contributed by atoms with Crippen molar-refractivity contribution < 1.29 is 27.5 Å². The van der Waals surface area contributed by atoms with E-state index in [2.05, 4.69) is 10.1 Å². The summed E-state index contributed by atoms with van der Waals surface area (Å²) >= 11 is 1.20.